The van der Waals surface area contributed by atoms with Crippen LogP contribution in [0, 0.1) is 24.7 Å². The van der Waals surface area contributed by atoms with Crippen molar-refractivity contribution < 1.29 is 9.53 Å². The first-order chi connectivity index (χ1) is 12.6. The second-order valence-electron chi connectivity index (χ2n) is 8.70. The Labute approximate surface area is 154 Å². The molecule has 4 bridgehead atoms. The zero-order valence-corrected chi connectivity index (χ0v) is 15.6. The van der Waals surface area contributed by atoms with Gasteiger partial charge in [0.15, 0.2) is 11.4 Å². The van der Waals surface area contributed by atoms with Gasteiger partial charge in [-0.25, -0.2) is 4.98 Å². The summed E-state index contributed by atoms with van der Waals surface area (Å²) in [6, 6.07) is 3.83. The summed E-state index contributed by atoms with van der Waals surface area (Å²) in [6.07, 6.45) is 9.51. The van der Waals surface area contributed by atoms with Gasteiger partial charge in [-0.2, -0.15) is 0 Å². The van der Waals surface area contributed by atoms with Gasteiger partial charge in [0.05, 0.1) is 12.3 Å². The van der Waals surface area contributed by atoms with Crippen molar-refractivity contribution in [2.24, 2.45) is 17.8 Å². The second kappa shape index (κ2) is 5.73. The van der Waals surface area contributed by atoms with E-state index >= 15 is 0 Å². The second-order valence-corrected chi connectivity index (χ2v) is 8.70. The third-order valence-electron chi connectivity index (χ3n) is 6.72. The van der Waals surface area contributed by atoms with Crippen molar-refractivity contribution in [3.63, 3.8) is 0 Å². The molecule has 2 aromatic heterocycles. The molecule has 4 fully saturated rings. The van der Waals surface area contributed by atoms with E-state index in [0.29, 0.717) is 12.3 Å². The highest BCUT2D eigenvalue weighted by Crippen LogP contribution is 2.55. The van der Waals surface area contributed by atoms with Crippen molar-refractivity contribution in [3.8, 4) is 5.75 Å². The summed E-state index contributed by atoms with van der Waals surface area (Å²) < 4.78 is 7.57. The van der Waals surface area contributed by atoms with Gasteiger partial charge in [0.1, 0.15) is 5.69 Å². The number of carbonyl (C=O) groups excluding carboxylic acids is 1. The molecule has 0 atom stereocenters. The van der Waals surface area contributed by atoms with Gasteiger partial charge in [-0.1, -0.05) is 0 Å². The highest BCUT2D eigenvalue weighted by atomic mass is 16.5. The Morgan fingerprint density at radius 3 is 2.54 bits per heavy atom. The molecule has 0 aromatic carbocycles. The minimum absolute atomic E-state index is 0.0138. The molecule has 4 saturated carbocycles. The quantitative estimate of drug-likeness (QED) is 0.911. The number of imidazole rings is 1. The molecule has 0 saturated heterocycles. The van der Waals surface area contributed by atoms with E-state index in [-0.39, 0.29) is 11.4 Å². The molecule has 138 valence electrons. The Hall–Kier alpha value is -2.04. The lowest BCUT2D eigenvalue weighted by Crippen LogP contribution is -2.60. The number of aryl methyl sites for hydroxylation is 1. The van der Waals surface area contributed by atoms with Gasteiger partial charge in [0.2, 0.25) is 0 Å². The van der Waals surface area contributed by atoms with Crippen LogP contribution in [-0.4, -0.2) is 27.4 Å². The molecule has 0 unspecified atom stereocenters. The molecule has 5 heteroatoms. The Balaban J connectivity index is 1.48. The Morgan fingerprint density at radius 2 is 1.92 bits per heavy atom. The monoisotopic (exact) mass is 353 g/mol. The fourth-order valence-electron chi connectivity index (χ4n) is 6.26. The average molecular weight is 353 g/mol. The van der Waals surface area contributed by atoms with E-state index in [1.165, 1.54) is 19.3 Å². The third kappa shape index (κ3) is 2.43. The first-order valence-electron chi connectivity index (χ1n) is 10.00. The number of nitrogens with zero attached hydrogens (tertiary/aromatic N) is 2. The minimum atomic E-state index is 0.0138. The van der Waals surface area contributed by atoms with Crippen molar-refractivity contribution in [2.75, 3.05) is 6.61 Å². The number of rotatable bonds is 4. The summed E-state index contributed by atoms with van der Waals surface area (Å²) in [7, 11) is 0. The molecule has 2 heterocycles. The Morgan fingerprint density at radius 1 is 1.27 bits per heavy atom. The van der Waals surface area contributed by atoms with Crippen LogP contribution in [0.5, 0.6) is 5.75 Å². The molecule has 26 heavy (non-hydrogen) atoms. The van der Waals surface area contributed by atoms with Crippen molar-refractivity contribution in [3.05, 3.63) is 29.7 Å². The highest BCUT2D eigenvalue weighted by molar-refractivity contribution is 5.95. The average Bonchev–Trinajstić information content (AvgIpc) is 2.90. The van der Waals surface area contributed by atoms with E-state index < -0.39 is 0 Å². The molecule has 4 aliphatic rings. The van der Waals surface area contributed by atoms with E-state index in [1.807, 2.05) is 36.6 Å². The van der Waals surface area contributed by atoms with Crippen molar-refractivity contribution in [1.29, 1.82) is 0 Å². The predicted molar refractivity (Wildman–Crippen MR) is 99.5 cm³/mol. The number of aromatic nitrogens is 2. The first-order valence-corrected chi connectivity index (χ1v) is 10.00. The largest absolute Gasteiger partial charge is 0.490 e. The smallest absolute Gasteiger partial charge is 0.270 e. The normalized spacial score (nSPS) is 32.2. The fourth-order valence-corrected chi connectivity index (χ4v) is 6.26. The lowest BCUT2D eigenvalue weighted by atomic mass is 9.53. The Bertz CT molecular complexity index is 834. The van der Waals surface area contributed by atoms with Gasteiger partial charge in [-0.3, -0.25) is 9.20 Å². The van der Waals surface area contributed by atoms with Crippen LogP contribution < -0.4 is 10.1 Å². The van der Waals surface area contributed by atoms with E-state index in [2.05, 4.69) is 10.3 Å². The molecule has 0 aliphatic heterocycles. The number of nitrogens with one attached hydrogen (secondary N) is 1. The van der Waals surface area contributed by atoms with Crippen LogP contribution in [-0.2, 0) is 0 Å². The van der Waals surface area contributed by atoms with E-state index in [1.54, 1.807) is 0 Å². The van der Waals surface area contributed by atoms with E-state index in [4.69, 9.17) is 4.74 Å². The van der Waals surface area contributed by atoms with Crippen molar-refractivity contribution in [2.45, 2.75) is 57.9 Å². The summed E-state index contributed by atoms with van der Waals surface area (Å²) in [5.74, 6) is 3.19. The lowest BCUT2D eigenvalue weighted by Gasteiger charge is -2.56. The van der Waals surface area contributed by atoms with Crippen LogP contribution >= 0.6 is 0 Å². The molecule has 4 aliphatic carbocycles. The molecule has 0 radical (unpaired) electrons. The van der Waals surface area contributed by atoms with Crippen LogP contribution in [0.15, 0.2) is 18.3 Å². The van der Waals surface area contributed by atoms with Gasteiger partial charge in [-0.15, -0.1) is 0 Å². The molecular weight excluding hydrogens is 326 g/mol. The number of hydrogen-bond acceptors (Lipinski definition) is 3. The summed E-state index contributed by atoms with van der Waals surface area (Å²) in [4.78, 5) is 17.9. The molecule has 6 rings (SSSR count). The molecule has 0 spiro atoms. The van der Waals surface area contributed by atoms with Crippen LogP contribution in [0.25, 0.3) is 5.65 Å². The van der Waals surface area contributed by atoms with Crippen LogP contribution in [0.2, 0.25) is 0 Å². The topological polar surface area (TPSA) is 55.6 Å². The molecule has 2 aromatic rings. The summed E-state index contributed by atoms with van der Waals surface area (Å²) >= 11 is 0. The predicted octanol–water partition coefficient (Wildman–Crippen LogP) is 3.74. The van der Waals surface area contributed by atoms with Crippen molar-refractivity contribution in [1.82, 2.24) is 14.7 Å². The number of carbonyl (C=O) groups is 1. The molecule has 1 amide bonds. The minimum Gasteiger partial charge on any atom is -0.490 e. The summed E-state index contributed by atoms with van der Waals surface area (Å²) in [5.41, 5.74) is 2.15. The van der Waals surface area contributed by atoms with Gasteiger partial charge in [0, 0.05) is 11.7 Å². The van der Waals surface area contributed by atoms with Gasteiger partial charge >= 0.3 is 0 Å². The van der Waals surface area contributed by atoms with E-state index in [9.17, 15) is 4.79 Å². The SMILES string of the molecule is CCOc1cccn2c(C(=O)NC34CC5CC(CC(C5)C3)C4)c(C)nc12. The molecular formula is C21H27N3O2. The number of fused-ring (bicyclic) bond motifs is 1. The van der Waals surface area contributed by atoms with E-state index in [0.717, 1.165) is 54.1 Å². The number of pyridine rings is 1. The first kappa shape index (κ1) is 16.2. The number of amides is 1. The fraction of sp³-hybridized carbons (Fsp3) is 0.619. The maximum atomic E-state index is 13.3. The maximum absolute atomic E-state index is 13.3. The zero-order chi connectivity index (χ0) is 17.9. The molecule has 5 nitrogen and oxygen atoms in total. The standard InChI is InChI=1S/C21H27N3O2/c1-3-26-17-5-4-6-24-18(13(2)22-19(17)24)20(25)23-21-10-14-7-15(11-21)9-16(8-14)12-21/h4-6,14-16H,3,7-12H2,1-2H3,(H,23,25). The summed E-state index contributed by atoms with van der Waals surface area (Å²) in [5, 5.41) is 3.47. The van der Waals surface area contributed by atoms with Crippen LogP contribution in [0.3, 0.4) is 0 Å². The van der Waals surface area contributed by atoms with Crippen LogP contribution in [0.1, 0.15) is 61.6 Å². The number of ether oxygens (including phenoxy) is 1. The maximum Gasteiger partial charge on any atom is 0.270 e. The third-order valence-corrected chi connectivity index (χ3v) is 6.72. The Kier molecular flexibility index (Phi) is 3.56. The number of hydrogen-bond donors (Lipinski definition) is 1. The summed E-state index contributed by atoms with van der Waals surface area (Å²) in [6.45, 7) is 4.46. The lowest BCUT2D eigenvalue weighted by molar-refractivity contribution is -0.0168. The van der Waals surface area contributed by atoms with Gasteiger partial charge in [0.25, 0.3) is 5.91 Å². The van der Waals surface area contributed by atoms with Gasteiger partial charge in [-0.05, 0) is 82.3 Å². The zero-order valence-electron chi connectivity index (χ0n) is 15.6. The van der Waals surface area contributed by atoms with Crippen molar-refractivity contribution >= 4 is 11.6 Å². The van der Waals surface area contributed by atoms with Gasteiger partial charge < -0.3 is 10.1 Å². The van der Waals surface area contributed by atoms with Crippen LogP contribution in [0.4, 0.5) is 0 Å². The molecule has 1 N–H and O–H groups in total. The highest BCUT2D eigenvalue weighted by Gasteiger charge is 2.51.